The van der Waals surface area contributed by atoms with Gasteiger partial charge in [0, 0.05) is 29.6 Å². The number of hydrogen-bond acceptors (Lipinski definition) is 5. The summed E-state index contributed by atoms with van der Waals surface area (Å²) in [6.07, 6.45) is 1.46. The summed E-state index contributed by atoms with van der Waals surface area (Å²) < 4.78 is 4.99. The van der Waals surface area contributed by atoms with Gasteiger partial charge < -0.3 is 14.8 Å². The number of amides is 1. The van der Waals surface area contributed by atoms with Crippen LogP contribution in [0.1, 0.15) is 10.6 Å². The topological polar surface area (TPSA) is 62.5 Å². The van der Waals surface area contributed by atoms with Crippen molar-refractivity contribution in [2.45, 2.75) is 5.60 Å². The zero-order chi connectivity index (χ0) is 12.1. The van der Waals surface area contributed by atoms with Crippen LogP contribution in [0.3, 0.4) is 0 Å². The minimum atomic E-state index is -0.811. The van der Waals surface area contributed by atoms with Crippen molar-refractivity contribution < 1.29 is 14.3 Å². The molecular formula is C11H15NO3S2. The molecule has 94 valence electrons. The lowest BCUT2D eigenvalue weighted by Gasteiger charge is -2.25. The minimum absolute atomic E-state index is 0.270. The first-order valence-electron chi connectivity index (χ1n) is 5.39. The molecule has 6 heteroatoms. The van der Waals surface area contributed by atoms with Gasteiger partial charge in [-0.25, -0.2) is 0 Å². The predicted octanol–water partition coefficient (Wildman–Crippen LogP) is 1.22. The molecule has 0 saturated carbocycles. The van der Waals surface area contributed by atoms with Crippen LogP contribution in [0.25, 0.3) is 0 Å². The Labute approximate surface area is 109 Å². The van der Waals surface area contributed by atoms with Crippen molar-refractivity contribution in [2.24, 2.45) is 0 Å². The lowest BCUT2D eigenvalue weighted by molar-refractivity contribution is 0.0736. The second-order valence-electron chi connectivity index (χ2n) is 3.99. The first kappa shape index (κ1) is 12.9. The average Bonchev–Trinajstić information content (AvgIpc) is 2.77. The lowest BCUT2D eigenvalue weighted by Crippen LogP contribution is -2.46. The van der Waals surface area contributed by atoms with E-state index in [0.29, 0.717) is 11.5 Å². The van der Waals surface area contributed by atoms with E-state index >= 15 is 0 Å². The minimum Gasteiger partial charge on any atom is -0.459 e. The summed E-state index contributed by atoms with van der Waals surface area (Å²) in [5, 5.41) is 13.0. The molecule has 1 aromatic heterocycles. The Kier molecular flexibility index (Phi) is 4.42. The number of thioether (sulfide) groups is 2. The molecule has 0 radical (unpaired) electrons. The van der Waals surface area contributed by atoms with E-state index < -0.39 is 5.60 Å². The summed E-state index contributed by atoms with van der Waals surface area (Å²) in [6, 6.07) is 3.27. The maximum Gasteiger partial charge on any atom is 0.287 e. The van der Waals surface area contributed by atoms with Gasteiger partial charge in [-0.1, -0.05) is 0 Å². The second-order valence-corrected chi connectivity index (χ2v) is 6.20. The van der Waals surface area contributed by atoms with Crippen LogP contribution >= 0.6 is 23.5 Å². The van der Waals surface area contributed by atoms with Gasteiger partial charge in [0.15, 0.2) is 5.76 Å². The average molecular weight is 273 g/mol. The van der Waals surface area contributed by atoms with Crippen LogP contribution in [0.5, 0.6) is 0 Å². The monoisotopic (exact) mass is 273 g/mol. The smallest absolute Gasteiger partial charge is 0.287 e. The highest BCUT2D eigenvalue weighted by Gasteiger charge is 2.29. The Bertz CT molecular complexity index is 359. The van der Waals surface area contributed by atoms with Crippen LogP contribution in [0.4, 0.5) is 0 Å². The molecule has 1 amide bonds. The summed E-state index contributed by atoms with van der Waals surface area (Å²) >= 11 is 3.45. The molecule has 1 saturated heterocycles. The number of nitrogens with one attached hydrogen (secondary N) is 1. The Morgan fingerprint density at radius 1 is 1.47 bits per heavy atom. The first-order valence-corrected chi connectivity index (χ1v) is 7.70. The highest BCUT2D eigenvalue weighted by Crippen LogP contribution is 2.24. The van der Waals surface area contributed by atoms with Crippen LogP contribution in [0, 0.1) is 0 Å². The molecule has 0 bridgehead atoms. The Morgan fingerprint density at radius 3 is 2.76 bits per heavy atom. The molecule has 1 fully saturated rings. The van der Waals surface area contributed by atoms with Crippen molar-refractivity contribution in [1.29, 1.82) is 0 Å². The van der Waals surface area contributed by atoms with E-state index in [1.54, 1.807) is 35.7 Å². The highest BCUT2D eigenvalue weighted by molar-refractivity contribution is 8.03. The molecule has 1 aromatic rings. The van der Waals surface area contributed by atoms with Gasteiger partial charge >= 0.3 is 0 Å². The van der Waals surface area contributed by atoms with E-state index in [9.17, 15) is 9.90 Å². The van der Waals surface area contributed by atoms with Crippen LogP contribution < -0.4 is 5.32 Å². The summed E-state index contributed by atoms with van der Waals surface area (Å²) in [7, 11) is 0. The Morgan fingerprint density at radius 2 is 2.18 bits per heavy atom. The van der Waals surface area contributed by atoms with E-state index in [-0.39, 0.29) is 18.2 Å². The molecule has 1 aliphatic rings. The third kappa shape index (κ3) is 3.69. The third-order valence-corrected chi connectivity index (χ3v) is 5.16. The zero-order valence-corrected chi connectivity index (χ0v) is 11.0. The summed E-state index contributed by atoms with van der Waals surface area (Å²) in [4.78, 5) is 11.6. The molecule has 0 aromatic carbocycles. The number of aliphatic hydroxyl groups is 1. The second kappa shape index (κ2) is 5.84. The summed E-state index contributed by atoms with van der Waals surface area (Å²) in [6.45, 7) is 0.270. The normalized spacial score (nSPS) is 19.6. The maximum absolute atomic E-state index is 11.6. The first-order chi connectivity index (χ1) is 8.20. The quantitative estimate of drug-likeness (QED) is 0.867. The predicted molar refractivity (Wildman–Crippen MR) is 70.6 cm³/mol. The fraction of sp³-hybridized carbons (Fsp3) is 0.545. The SMILES string of the molecule is O=C(NCC1(O)CSCCSC1)c1ccco1. The van der Waals surface area contributed by atoms with Gasteiger partial charge in [-0.3, -0.25) is 4.79 Å². The van der Waals surface area contributed by atoms with Crippen molar-refractivity contribution in [3.8, 4) is 0 Å². The zero-order valence-electron chi connectivity index (χ0n) is 9.35. The molecule has 0 unspecified atom stereocenters. The molecule has 2 N–H and O–H groups in total. The van der Waals surface area contributed by atoms with Gasteiger partial charge in [-0.05, 0) is 12.1 Å². The van der Waals surface area contributed by atoms with E-state index in [4.69, 9.17) is 4.42 Å². The van der Waals surface area contributed by atoms with E-state index in [2.05, 4.69) is 5.32 Å². The number of carbonyl (C=O) groups is 1. The number of rotatable bonds is 3. The van der Waals surface area contributed by atoms with Crippen LogP contribution in [0.15, 0.2) is 22.8 Å². The van der Waals surface area contributed by atoms with Gasteiger partial charge in [-0.2, -0.15) is 23.5 Å². The van der Waals surface area contributed by atoms with Crippen molar-refractivity contribution in [3.05, 3.63) is 24.2 Å². The molecule has 0 atom stereocenters. The molecule has 1 aliphatic heterocycles. The molecule has 0 aliphatic carbocycles. The molecule has 2 heterocycles. The third-order valence-electron chi connectivity index (χ3n) is 2.44. The van der Waals surface area contributed by atoms with Crippen LogP contribution in [-0.2, 0) is 0 Å². The van der Waals surface area contributed by atoms with E-state index in [1.165, 1.54) is 6.26 Å². The summed E-state index contributed by atoms with van der Waals surface area (Å²) in [5.41, 5.74) is -0.811. The van der Waals surface area contributed by atoms with Gasteiger partial charge in [0.1, 0.15) is 0 Å². The number of furan rings is 1. The van der Waals surface area contributed by atoms with Crippen LogP contribution in [-0.4, -0.2) is 46.2 Å². The van der Waals surface area contributed by atoms with E-state index in [0.717, 1.165) is 11.5 Å². The van der Waals surface area contributed by atoms with Crippen molar-refractivity contribution in [2.75, 3.05) is 29.6 Å². The van der Waals surface area contributed by atoms with Gasteiger partial charge in [0.25, 0.3) is 5.91 Å². The Balaban J connectivity index is 1.86. The maximum atomic E-state index is 11.6. The fourth-order valence-electron chi connectivity index (χ4n) is 1.53. The van der Waals surface area contributed by atoms with Crippen molar-refractivity contribution in [3.63, 3.8) is 0 Å². The van der Waals surface area contributed by atoms with Gasteiger partial charge in [0.2, 0.25) is 0 Å². The van der Waals surface area contributed by atoms with Crippen molar-refractivity contribution >= 4 is 29.4 Å². The van der Waals surface area contributed by atoms with Crippen LogP contribution in [0.2, 0.25) is 0 Å². The summed E-state index contributed by atoms with van der Waals surface area (Å²) in [5.74, 6) is 3.44. The molecule has 0 spiro atoms. The number of hydrogen-bond donors (Lipinski definition) is 2. The standard InChI is InChI=1S/C11H15NO3S2/c13-10(9-2-1-3-15-9)12-6-11(14)7-16-4-5-17-8-11/h1-3,14H,4-8H2,(H,12,13). The molecule has 17 heavy (non-hydrogen) atoms. The van der Waals surface area contributed by atoms with E-state index in [1.807, 2.05) is 0 Å². The van der Waals surface area contributed by atoms with Gasteiger partial charge in [0.05, 0.1) is 11.9 Å². The Hall–Kier alpha value is -0.590. The molecule has 2 rings (SSSR count). The molecule has 4 nitrogen and oxygen atoms in total. The fourth-order valence-corrected chi connectivity index (χ4v) is 4.05. The van der Waals surface area contributed by atoms with Gasteiger partial charge in [-0.15, -0.1) is 0 Å². The van der Waals surface area contributed by atoms with Crippen molar-refractivity contribution in [1.82, 2.24) is 5.32 Å². The highest BCUT2D eigenvalue weighted by atomic mass is 32.2. The lowest BCUT2D eigenvalue weighted by atomic mass is 10.1. The molecular weight excluding hydrogens is 258 g/mol. The number of carbonyl (C=O) groups excluding carboxylic acids is 1. The largest absolute Gasteiger partial charge is 0.459 e.